The fraction of sp³-hybridized carbons (Fsp3) is 0.929. The second-order valence-electron chi connectivity index (χ2n) is 5.45. The van der Waals surface area contributed by atoms with E-state index in [1.165, 1.54) is 38.5 Å². The predicted molar refractivity (Wildman–Crippen MR) is 70.1 cm³/mol. The molecule has 1 unspecified atom stereocenters. The third kappa shape index (κ3) is 6.67. The second-order valence-corrected chi connectivity index (χ2v) is 5.45. The first kappa shape index (κ1) is 14.5. The summed E-state index contributed by atoms with van der Waals surface area (Å²) in [5.41, 5.74) is 0. The van der Waals surface area contributed by atoms with E-state index in [4.69, 9.17) is 5.11 Å². The van der Waals surface area contributed by atoms with Crippen LogP contribution in [0.2, 0.25) is 0 Å². The second kappa shape index (κ2) is 7.70. The van der Waals surface area contributed by atoms with Crippen molar-refractivity contribution in [3.63, 3.8) is 0 Å². The number of carbonyl (C=O) groups is 1. The molecule has 1 aliphatic rings. The summed E-state index contributed by atoms with van der Waals surface area (Å²) >= 11 is 0. The Bertz CT molecular complexity index is 226. The summed E-state index contributed by atoms with van der Waals surface area (Å²) in [5.74, 6) is 0.766. The molecule has 1 aliphatic carbocycles. The Morgan fingerprint density at radius 2 is 2.12 bits per heavy atom. The largest absolute Gasteiger partial charge is 0.480 e. The van der Waals surface area contributed by atoms with Crippen molar-refractivity contribution in [3.8, 4) is 0 Å². The standard InChI is InChI=1S/C14H27NO2/c1-3-5-6-12(4-2)9-15(11-14(16)17)10-13-7-8-13/h12-13H,3-11H2,1-2H3,(H,16,17). The Kier molecular flexibility index (Phi) is 6.56. The van der Waals surface area contributed by atoms with Crippen LogP contribution >= 0.6 is 0 Å². The lowest BCUT2D eigenvalue weighted by Crippen LogP contribution is -2.35. The van der Waals surface area contributed by atoms with Crippen molar-refractivity contribution in [1.29, 1.82) is 0 Å². The summed E-state index contributed by atoms with van der Waals surface area (Å²) in [6, 6.07) is 0. The van der Waals surface area contributed by atoms with Crippen LogP contribution in [0.25, 0.3) is 0 Å². The maximum atomic E-state index is 10.9. The van der Waals surface area contributed by atoms with Gasteiger partial charge in [-0.2, -0.15) is 0 Å². The Balaban J connectivity index is 2.34. The van der Waals surface area contributed by atoms with Crippen LogP contribution in [0.15, 0.2) is 0 Å². The van der Waals surface area contributed by atoms with E-state index in [-0.39, 0.29) is 6.54 Å². The molecule has 1 rings (SSSR count). The lowest BCUT2D eigenvalue weighted by molar-refractivity contribution is -0.138. The minimum atomic E-state index is -0.684. The molecule has 0 saturated heterocycles. The summed E-state index contributed by atoms with van der Waals surface area (Å²) in [7, 11) is 0. The Morgan fingerprint density at radius 1 is 1.41 bits per heavy atom. The van der Waals surface area contributed by atoms with Crippen LogP contribution in [-0.4, -0.2) is 35.6 Å². The SMILES string of the molecule is CCCCC(CC)CN(CC(=O)O)CC1CC1. The van der Waals surface area contributed by atoms with Gasteiger partial charge in [0.15, 0.2) is 0 Å². The van der Waals surface area contributed by atoms with E-state index in [1.54, 1.807) is 0 Å². The summed E-state index contributed by atoms with van der Waals surface area (Å²) in [6.45, 7) is 6.62. The normalized spacial score (nSPS) is 17.4. The molecule has 1 saturated carbocycles. The zero-order valence-corrected chi connectivity index (χ0v) is 11.3. The van der Waals surface area contributed by atoms with Crippen LogP contribution in [0.4, 0.5) is 0 Å². The van der Waals surface area contributed by atoms with Crippen molar-refractivity contribution in [2.24, 2.45) is 11.8 Å². The van der Waals surface area contributed by atoms with Crippen LogP contribution in [0.3, 0.4) is 0 Å². The Labute approximate surface area is 105 Å². The van der Waals surface area contributed by atoms with Crippen molar-refractivity contribution in [1.82, 2.24) is 4.90 Å². The minimum Gasteiger partial charge on any atom is -0.480 e. The molecule has 1 fully saturated rings. The van der Waals surface area contributed by atoms with E-state index in [2.05, 4.69) is 18.7 Å². The molecule has 0 amide bonds. The van der Waals surface area contributed by atoms with Crippen molar-refractivity contribution in [3.05, 3.63) is 0 Å². The Morgan fingerprint density at radius 3 is 2.59 bits per heavy atom. The predicted octanol–water partition coefficient (Wildman–Crippen LogP) is 3.00. The molecular weight excluding hydrogens is 214 g/mol. The number of aliphatic carboxylic acids is 1. The first-order chi connectivity index (χ1) is 8.15. The van der Waals surface area contributed by atoms with Gasteiger partial charge in [-0.25, -0.2) is 0 Å². The number of nitrogens with zero attached hydrogens (tertiary/aromatic N) is 1. The van der Waals surface area contributed by atoms with Gasteiger partial charge in [0.1, 0.15) is 0 Å². The molecule has 1 N–H and O–H groups in total. The van der Waals surface area contributed by atoms with Gasteiger partial charge in [-0.3, -0.25) is 9.69 Å². The smallest absolute Gasteiger partial charge is 0.317 e. The zero-order valence-electron chi connectivity index (χ0n) is 11.3. The molecule has 3 heteroatoms. The monoisotopic (exact) mass is 241 g/mol. The van der Waals surface area contributed by atoms with Crippen molar-refractivity contribution in [2.75, 3.05) is 19.6 Å². The van der Waals surface area contributed by atoms with Gasteiger partial charge < -0.3 is 5.11 Å². The highest BCUT2D eigenvalue weighted by atomic mass is 16.4. The summed E-state index contributed by atoms with van der Waals surface area (Å²) in [5, 5.41) is 8.94. The average molecular weight is 241 g/mol. The maximum absolute atomic E-state index is 10.9. The molecule has 0 aliphatic heterocycles. The number of carboxylic acid groups (broad SMARTS) is 1. The molecule has 0 aromatic heterocycles. The molecule has 0 spiro atoms. The third-order valence-corrected chi connectivity index (χ3v) is 3.63. The van der Waals surface area contributed by atoms with E-state index in [0.717, 1.165) is 19.0 Å². The number of hydrogen-bond acceptors (Lipinski definition) is 2. The lowest BCUT2D eigenvalue weighted by Gasteiger charge is -2.25. The number of hydrogen-bond donors (Lipinski definition) is 1. The number of rotatable bonds is 10. The van der Waals surface area contributed by atoms with Gasteiger partial charge in [0.2, 0.25) is 0 Å². The fourth-order valence-electron chi connectivity index (χ4n) is 2.34. The molecule has 0 aromatic carbocycles. The molecule has 1 atom stereocenters. The van der Waals surface area contributed by atoms with E-state index >= 15 is 0 Å². The van der Waals surface area contributed by atoms with Gasteiger partial charge in [-0.15, -0.1) is 0 Å². The molecule has 100 valence electrons. The van der Waals surface area contributed by atoms with E-state index in [1.807, 2.05) is 0 Å². The van der Waals surface area contributed by atoms with Gasteiger partial charge in [0.05, 0.1) is 6.54 Å². The van der Waals surface area contributed by atoms with Gasteiger partial charge >= 0.3 is 5.97 Å². The van der Waals surface area contributed by atoms with Gasteiger partial charge in [0.25, 0.3) is 0 Å². The van der Waals surface area contributed by atoms with E-state index < -0.39 is 5.97 Å². The van der Waals surface area contributed by atoms with Gasteiger partial charge in [-0.1, -0.05) is 33.1 Å². The van der Waals surface area contributed by atoms with Crippen LogP contribution in [-0.2, 0) is 4.79 Å². The van der Waals surface area contributed by atoms with E-state index in [0.29, 0.717) is 5.92 Å². The molecule has 17 heavy (non-hydrogen) atoms. The highest BCUT2D eigenvalue weighted by Crippen LogP contribution is 2.30. The highest BCUT2D eigenvalue weighted by molar-refractivity contribution is 5.69. The zero-order chi connectivity index (χ0) is 12.7. The van der Waals surface area contributed by atoms with E-state index in [9.17, 15) is 4.79 Å². The average Bonchev–Trinajstić information content (AvgIpc) is 3.06. The van der Waals surface area contributed by atoms with Crippen molar-refractivity contribution < 1.29 is 9.90 Å². The number of unbranched alkanes of at least 4 members (excludes halogenated alkanes) is 1. The first-order valence-corrected chi connectivity index (χ1v) is 7.09. The van der Waals surface area contributed by atoms with Crippen molar-refractivity contribution in [2.45, 2.75) is 52.4 Å². The Hall–Kier alpha value is -0.570. The topological polar surface area (TPSA) is 40.5 Å². The third-order valence-electron chi connectivity index (χ3n) is 3.63. The lowest BCUT2D eigenvalue weighted by atomic mass is 9.98. The van der Waals surface area contributed by atoms with Gasteiger partial charge in [0, 0.05) is 13.1 Å². The summed E-state index contributed by atoms with van der Waals surface area (Å²) in [6.07, 6.45) is 7.50. The fourth-order valence-corrected chi connectivity index (χ4v) is 2.34. The first-order valence-electron chi connectivity index (χ1n) is 7.09. The minimum absolute atomic E-state index is 0.221. The molecule has 0 heterocycles. The van der Waals surface area contributed by atoms with Crippen LogP contribution in [0.5, 0.6) is 0 Å². The van der Waals surface area contributed by atoms with Gasteiger partial charge in [-0.05, 0) is 31.1 Å². The van der Waals surface area contributed by atoms with Crippen LogP contribution in [0, 0.1) is 11.8 Å². The molecule has 0 bridgehead atoms. The summed E-state index contributed by atoms with van der Waals surface area (Å²) in [4.78, 5) is 13.0. The summed E-state index contributed by atoms with van der Waals surface area (Å²) < 4.78 is 0. The quantitative estimate of drug-likeness (QED) is 0.639. The maximum Gasteiger partial charge on any atom is 0.317 e. The number of carboxylic acids is 1. The van der Waals surface area contributed by atoms with Crippen LogP contribution in [0.1, 0.15) is 52.4 Å². The molecular formula is C14H27NO2. The molecule has 0 aromatic rings. The molecule has 3 nitrogen and oxygen atoms in total. The van der Waals surface area contributed by atoms with Crippen molar-refractivity contribution >= 4 is 5.97 Å². The van der Waals surface area contributed by atoms with Crippen LogP contribution < -0.4 is 0 Å². The highest BCUT2D eigenvalue weighted by Gasteiger charge is 2.26. The molecule has 0 radical (unpaired) electrons.